The number of nitrogens with zero attached hydrogens (tertiary/aromatic N) is 1. The summed E-state index contributed by atoms with van der Waals surface area (Å²) in [6, 6.07) is 10.4. The van der Waals surface area contributed by atoms with Gasteiger partial charge < -0.3 is 9.84 Å². The minimum absolute atomic E-state index is 0.368. The van der Waals surface area contributed by atoms with E-state index < -0.39 is 6.10 Å². The van der Waals surface area contributed by atoms with Crippen LogP contribution in [0.2, 0.25) is 0 Å². The molecule has 0 saturated heterocycles. The van der Waals surface area contributed by atoms with E-state index in [-0.39, 0.29) is 0 Å². The Kier molecular flexibility index (Phi) is 6.34. The maximum absolute atomic E-state index is 10.2. The first-order valence-electron chi connectivity index (χ1n) is 7.89. The lowest BCUT2D eigenvalue weighted by Gasteiger charge is -2.34. The molecule has 1 saturated carbocycles. The standard InChI is InChI=1S/C17H27NO2/c1-2-18(15-9-5-3-6-10-15)13-16(19)14-20-17-11-7-4-8-12-17/h4,7-8,11-12,15-16,19H,2-3,5-6,9-10,13-14H2,1H3/t16-/m0/s1. The molecule has 0 aliphatic heterocycles. The molecule has 0 aromatic heterocycles. The predicted octanol–water partition coefficient (Wildman–Crippen LogP) is 3.08. The van der Waals surface area contributed by atoms with Crippen LogP contribution in [0.1, 0.15) is 39.0 Å². The second kappa shape index (κ2) is 8.28. The van der Waals surface area contributed by atoms with E-state index in [4.69, 9.17) is 4.74 Å². The van der Waals surface area contributed by atoms with Crippen LogP contribution in [0, 0.1) is 0 Å². The molecule has 20 heavy (non-hydrogen) atoms. The molecule has 1 aliphatic rings. The Bertz CT molecular complexity index is 363. The normalized spacial score (nSPS) is 18.1. The largest absolute Gasteiger partial charge is 0.491 e. The number of para-hydroxylation sites is 1. The fourth-order valence-electron chi connectivity index (χ4n) is 3.02. The van der Waals surface area contributed by atoms with Gasteiger partial charge in [-0.25, -0.2) is 0 Å². The molecule has 1 aromatic carbocycles. The Labute approximate surface area is 122 Å². The van der Waals surface area contributed by atoms with Gasteiger partial charge in [0, 0.05) is 12.6 Å². The fraction of sp³-hybridized carbons (Fsp3) is 0.647. The number of hydrogen-bond acceptors (Lipinski definition) is 3. The zero-order chi connectivity index (χ0) is 14.2. The molecular formula is C17H27NO2. The van der Waals surface area contributed by atoms with Crippen molar-refractivity contribution >= 4 is 0 Å². The summed E-state index contributed by atoms with van der Waals surface area (Å²) in [5.41, 5.74) is 0. The molecule has 112 valence electrons. The van der Waals surface area contributed by atoms with E-state index >= 15 is 0 Å². The summed E-state index contributed by atoms with van der Waals surface area (Å²) in [7, 11) is 0. The van der Waals surface area contributed by atoms with Crippen LogP contribution in [0.15, 0.2) is 30.3 Å². The van der Waals surface area contributed by atoms with Crippen molar-refractivity contribution in [1.82, 2.24) is 4.90 Å². The highest BCUT2D eigenvalue weighted by atomic mass is 16.5. The van der Waals surface area contributed by atoms with E-state index in [9.17, 15) is 5.11 Å². The monoisotopic (exact) mass is 277 g/mol. The molecular weight excluding hydrogens is 250 g/mol. The SMILES string of the molecule is CCN(C[C@H](O)COc1ccccc1)C1CCCCC1. The molecule has 1 aromatic rings. The summed E-state index contributed by atoms with van der Waals surface area (Å²) in [5, 5.41) is 10.2. The molecule has 1 N–H and O–H groups in total. The van der Waals surface area contributed by atoms with E-state index in [2.05, 4.69) is 11.8 Å². The van der Waals surface area contributed by atoms with E-state index in [1.807, 2.05) is 30.3 Å². The first-order valence-corrected chi connectivity index (χ1v) is 7.89. The Hall–Kier alpha value is -1.06. The topological polar surface area (TPSA) is 32.7 Å². The van der Waals surface area contributed by atoms with Crippen LogP contribution >= 0.6 is 0 Å². The van der Waals surface area contributed by atoms with Crippen molar-refractivity contribution in [3.05, 3.63) is 30.3 Å². The van der Waals surface area contributed by atoms with Crippen molar-refractivity contribution in [2.45, 2.75) is 51.2 Å². The number of aliphatic hydroxyl groups is 1. The van der Waals surface area contributed by atoms with Gasteiger partial charge in [0.2, 0.25) is 0 Å². The van der Waals surface area contributed by atoms with Gasteiger partial charge >= 0.3 is 0 Å². The first-order chi connectivity index (χ1) is 9.79. The number of rotatable bonds is 7. The van der Waals surface area contributed by atoms with Gasteiger partial charge in [-0.05, 0) is 31.5 Å². The molecule has 0 unspecified atom stereocenters. The lowest BCUT2D eigenvalue weighted by Crippen LogP contribution is -2.43. The van der Waals surface area contributed by atoms with Crippen LogP contribution in [-0.4, -0.2) is 41.8 Å². The second-order valence-electron chi connectivity index (χ2n) is 5.66. The average molecular weight is 277 g/mol. The van der Waals surface area contributed by atoms with Gasteiger partial charge in [0.05, 0.1) is 0 Å². The lowest BCUT2D eigenvalue weighted by molar-refractivity contribution is 0.0463. The third-order valence-corrected chi connectivity index (χ3v) is 4.13. The molecule has 1 fully saturated rings. The summed E-state index contributed by atoms with van der Waals surface area (Å²) in [6.45, 7) is 4.27. The van der Waals surface area contributed by atoms with Crippen LogP contribution in [0.4, 0.5) is 0 Å². The Morgan fingerprint density at radius 3 is 2.55 bits per heavy atom. The maximum Gasteiger partial charge on any atom is 0.119 e. The molecule has 1 atom stereocenters. The number of benzene rings is 1. The van der Waals surface area contributed by atoms with Crippen LogP contribution in [0.5, 0.6) is 5.75 Å². The van der Waals surface area contributed by atoms with E-state index in [0.717, 1.165) is 12.3 Å². The zero-order valence-electron chi connectivity index (χ0n) is 12.5. The summed E-state index contributed by atoms with van der Waals surface area (Å²) < 4.78 is 5.62. The summed E-state index contributed by atoms with van der Waals surface area (Å²) >= 11 is 0. The fourth-order valence-corrected chi connectivity index (χ4v) is 3.02. The van der Waals surface area contributed by atoms with Crippen molar-refractivity contribution in [3.8, 4) is 5.75 Å². The van der Waals surface area contributed by atoms with Crippen LogP contribution in [0.3, 0.4) is 0 Å². The molecule has 3 heteroatoms. The Morgan fingerprint density at radius 1 is 1.20 bits per heavy atom. The predicted molar refractivity (Wildman–Crippen MR) is 82.1 cm³/mol. The third kappa shape index (κ3) is 4.80. The molecule has 0 radical (unpaired) electrons. The maximum atomic E-state index is 10.2. The van der Waals surface area contributed by atoms with E-state index in [1.165, 1.54) is 32.1 Å². The Morgan fingerprint density at radius 2 is 1.90 bits per heavy atom. The molecule has 0 heterocycles. The van der Waals surface area contributed by atoms with Gasteiger partial charge in [0.15, 0.2) is 0 Å². The van der Waals surface area contributed by atoms with Crippen LogP contribution in [0.25, 0.3) is 0 Å². The lowest BCUT2D eigenvalue weighted by atomic mass is 9.94. The minimum atomic E-state index is -0.419. The molecule has 0 amide bonds. The molecule has 1 aliphatic carbocycles. The van der Waals surface area contributed by atoms with Gasteiger partial charge in [-0.3, -0.25) is 4.90 Å². The smallest absolute Gasteiger partial charge is 0.119 e. The van der Waals surface area contributed by atoms with Crippen molar-refractivity contribution in [1.29, 1.82) is 0 Å². The van der Waals surface area contributed by atoms with Gasteiger partial charge in [0.1, 0.15) is 18.5 Å². The highest BCUT2D eigenvalue weighted by Crippen LogP contribution is 2.22. The average Bonchev–Trinajstić information content (AvgIpc) is 2.52. The van der Waals surface area contributed by atoms with Gasteiger partial charge in [-0.15, -0.1) is 0 Å². The summed E-state index contributed by atoms with van der Waals surface area (Å²) in [6.07, 6.45) is 6.17. The minimum Gasteiger partial charge on any atom is -0.491 e. The zero-order valence-corrected chi connectivity index (χ0v) is 12.5. The van der Waals surface area contributed by atoms with E-state index in [0.29, 0.717) is 19.2 Å². The number of ether oxygens (including phenoxy) is 1. The van der Waals surface area contributed by atoms with Crippen molar-refractivity contribution in [2.75, 3.05) is 19.7 Å². The van der Waals surface area contributed by atoms with Gasteiger partial charge in [-0.1, -0.05) is 44.4 Å². The molecule has 0 spiro atoms. The first kappa shape index (κ1) is 15.3. The molecule has 2 rings (SSSR count). The molecule has 0 bridgehead atoms. The summed E-state index contributed by atoms with van der Waals surface area (Å²) in [5.74, 6) is 0.826. The van der Waals surface area contributed by atoms with Crippen LogP contribution < -0.4 is 4.74 Å². The summed E-state index contributed by atoms with van der Waals surface area (Å²) in [4.78, 5) is 2.41. The highest BCUT2D eigenvalue weighted by molar-refractivity contribution is 5.20. The Balaban J connectivity index is 1.75. The van der Waals surface area contributed by atoms with Gasteiger partial charge in [0.25, 0.3) is 0 Å². The third-order valence-electron chi connectivity index (χ3n) is 4.13. The van der Waals surface area contributed by atoms with Crippen LogP contribution in [-0.2, 0) is 0 Å². The van der Waals surface area contributed by atoms with Crippen molar-refractivity contribution in [3.63, 3.8) is 0 Å². The highest BCUT2D eigenvalue weighted by Gasteiger charge is 2.22. The number of hydrogen-bond donors (Lipinski definition) is 1. The van der Waals surface area contributed by atoms with Crippen molar-refractivity contribution < 1.29 is 9.84 Å². The number of aliphatic hydroxyl groups excluding tert-OH is 1. The van der Waals surface area contributed by atoms with E-state index in [1.54, 1.807) is 0 Å². The number of likely N-dealkylation sites (N-methyl/N-ethyl adjacent to an activating group) is 1. The molecule has 3 nitrogen and oxygen atoms in total. The van der Waals surface area contributed by atoms with Crippen molar-refractivity contribution in [2.24, 2.45) is 0 Å². The quantitative estimate of drug-likeness (QED) is 0.831. The second-order valence-corrected chi connectivity index (χ2v) is 5.66. The van der Waals surface area contributed by atoms with Gasteiger partial charge in [-0.2, -0.15) is 0 Å².